The molecule has 0 aromatic carbocycles. The lowest BCUT2D eigenvalue weighted by atomic mass is 9.98. The van der Waals surface area contributed by atoms with Crippen molar-refractivity contribution in [2.75, 3.05) is 13.2 Å². The van der Waals surface area contributed by atoms with Crippen LogP contribution >= 0.6 is 0 Å². The van der Waals surface area contributed by atoms with Crippen LogP contribution in [-0.4, -0.2) is 46.6 Å². The fourth-order valence-electron chi connectivity index (χ4n) is 1.80. The first-order valence-corrected chi connectivity index (χ1v) is 7.33. The summed E-state index contributed by atoms with van der Waals surface area (Å²) in [4.78, 5) is 22.5. The minimum Gasteiger partial charge on any atom is -0.481 e. The Labute approximate surface area is 125 Å². The highest BCUT2D eigenvalue weighted by Gasteiger charge is 2.23. The summed E-state index contributed by atoms with van der Waals surface area (Å²) in [7, 11) is 0. The standard InChI is InChI=1S/C15H26O6/c1-2-3-4-5-6-7-8-12(9-14(18)19)15(20)21-11-13(17)10-16/h3-4,12-13,16-17H,2,5-11H2,1H3,(H,18,19)/b4-3+. The Kier molecular flexibility index (Phi) is 11.5. The number of hydrogen-bond donors (Lipinski definition) is 3. The van der Waals surface area contributed by atoms with Gasteiger partial charge in [0.05, 0.1) is 18.9 Å². The Hall–Kier alpha value is -1.40. The first-order chi connectivity index (χ1) is 10.0. The van der Waals surface area contributed by atoms with E-state index in [1.165, 1.54) is 0 Å². The van der Waals surface area contributed by atoms with E-state index >= 15 is 0 Å². The molecule has 2 atom stereocenters. The lowest BCUT2D eigenvalue weighted by molar-refractivity contribution is -0.156. The van der Waals surface area contributed by atoms with Gasteiger partial charge in [0.15, 0.2) is 0 Å². The molecule has 0 radical (unpaired) electrons. The van der Waals surface area contributed by atoms with Gasteiger partial charge in [-0.3, -0.25) is 9.59 Å². The number of unbranched alkanes of at least 4 members (excludes halogenated alkanes) is 2. The van der Waals surface area contributed by atoms with Crippen molar-refractivity contribution in [3.63, 3.8) is 0 Å². The van der Waals surface area contributed by atoms with Crippen molar-refractivity contribution < 1.29 is 29.6 Å². The maximum absolute atomic E-state index is 11.8. The molecule has 3 N–H and O–H groups in total. The van der Waals surface area contributed by atoms with Gasteiger partial charge in [0.2, 0.25) is 0 Å². The van der Waals surface area contributed by atoms with Crippen LogP contribution in [0.2, 0.25) is 0 Å². The largest absolute Gasteiger partial charge is 0.481 e. The van der Waals surface area contributed by atoms with Crippen molar-refractivity contribution in [1.82, 2.24) is 0 Å². The Morgan fingerprint density at radius 2 is 1.95 bits per heavy atom. The number of carbonyl (C=O) groups excluding carboxylic acids is 1. The number of carboxylic acid groups (broad SMARTS) is 1. The number of carbonyl (C=O) groups is 2. The maximum atomic E-state index is 11.8. The molecule has 2 unspecified atom stereocenters. The molecule has 0 saturated heterocycles. The number of carboxylic acids is 1. The summed E-state index contributed by atoms with van der Waals surface area (Å²) in [5, 5.41) is 26.6. The molecule has 0 aliphatic heterocycles. The van der Waals surface area contributed by atoms with Gasteiger partial charge in [-0.05, 0) is 25.7 Å². The van der Waals surface area contributed by atoms with Gasteiger partial charge in [-0.2, -0.15) is 0 Å². The predicted octanol–water partition coefficient (Wildman–Crippen LogP) is 1.50. The van der Waals surface area contributed by atoms with E-state index in [0.717, 1.165) is 25.7 Å². The van der Waals surface area contributed by atoms with E-state index in [2.05, 4.69) is 19.1 Å². The minimum absolute atomic E-state index is 0.279. The van der Waals surface area contributed by atoms with E-state index in [9.17, 15) is 9.59 Å². The summed E-state index contributed by atoms with van der Waals surface area (Å²) in [6.07, 6.45) is 6.70. The summed E-state index contributed by atoms with van der Waals surface area (Å²) in [6, 6.07) is 0. The predicted molar refractivity (Wildman–Crippen MR) is 77.7 cm³/mol. The molecular formula is C15H26O6. The van der Waals surface area contributed by atoms with E-state index in [1.807, 2.05) is 0 Å². The number of hydrogen-bond acceptors (Lipinski definition) is 5. The van der Waals surface area contributed by atoms with Crippen LogP contribution in [0.15, 0.2) is 12.2 Å². The fourth-order valence-corrected chi connectivity index (χ4v) is 1.80. The maximum Gasteiger partial charge on any atom is 0.309 e. The van der Waals surface area contributed by atoms with Crippen molar-refractivity contribution in [3.05, 3.63) is 12.2 Å². The van der Waals surface area contributed by atoms with Crippen LogP contribution in [0, 0.1) is 5.92 Å². The second-order valence-corrected chi connectivity index (χ2v) is 4.93. The number of aliphatic carboxylic acids is 1. The molecular weight excluding hydrogens is 276 g/mol. The first kappa shape index (κ1) is 19.6. The van der Waals surface area contributed by atoms with E-state index in [4.69, 9.17) is 20.1 Å². The molecule has 0 amide bonds. The number of aliphatic hydroxyl groups is 2. The third-order valence-electron chi connectivity index (χ3n) is 2.96. The molecule has 21 heavy (non-hydrogen) atoms. The molecule has 0 rings (SSSR count). The summed E-state index contributed by atoms with van der Waals surface area (Å²) in [5.74, 6) is -2.39. The van der Waals surface area contributed by atoms with Crippen LogP contribution in [0.25, 0.3) is 0 Å². The fraction of sp³-hybridized carbons (Fsp3) is 0.733. The van der Waals surface area contributed by atoms with Crippen molar-refractivity contribution in [2.24, 2.45) is 5.92 Å². The average Bonchev–Trinajstić information content (AvgIpc) is 2.46. The van der Waals surface area contributed by atoms with Gasteiger partial charge < -0.3 is 20.1 Å². The van der Waals surface area contributed by atoms with Gasteiger partial charge in [0, 0.05) is 0 Å². The molecule has 0 aromatic rings. The van der Waals surface area contributed by atoms with Crippen molar-refractivity contribution >= 4 is 11.9 Å². The van der Waals surface area contributed by atoms with Gasteiger partial charge in [0.25, 0.3) is 0 Å². The SMILES string of the molecule is CC/C=C/CCCCC(CC(=O)O)C(=O)OCC(O)CO. The quantitative estimate of drug-likeness (QED) is 0.287. The minimum atomic E-state index is -1.13. The Bertz CT molecular complexity index is 326. The molecule has 0 aromatic heterocycles. The number of rotatable bonds is 12. The van der Waals surface area contributed by atoms with Gasteiger partial charge >= 0.3 is 11.9 Å². The van der Waals surface area contributed by atoms with Crippen LogP contribution in [0.5, 0.6) is 0 Å². The van der Waals surface area contributed by atoms with Crippen LogP contribution in [0.1, 0.15) is 45.4 Å². The topological polar surface area (TPSA) is 104 Å². The third kappa shape index (κ3) is 11.0. The summed E-state index contributed by atoms with van der Waals surface area (Å²) in [5.41, 5.74) is 0. The number of aliphatic hydroxyl groups excluding tert-OH is 2. The molecule has 0 aliphatic rings. The van der Waals surface area contributed by atoms with Crippen molar-refractivity contribution in [3.8, 4) is 0 Å². The normalized spacial score (nSPS) is 14.0. The second-order valence-electron chi connectivity index (χ2n) is 4.93. The molecule has 0 bridgehead atoms. The van der Waals surface area contributed by atoms with E-state index in [1.54, 1.807) is 0 Å². The number of esters is 1. The molecule has 0 spiro atoms. The Balaban J connectivity index is 4.15. The van der Waals surface area contributed by atoms with Crippen LogP contribution in [-0.2, 0) is 14.3 Å². The van der Waals surface area contributed by atoms with Crippen LogP contribution in [0.3, 0.4) is 0 Å². The third-order valence-corrected chi connectivity index (χ3v) is 2.96. The lowest BCUT2D eigenvalue weighted by Gasteiger charge is -2.15. The van der Waals surface area contributed by atoms with E-state index in [-0.39, 0.29) is 13.0 Å². The smallest absolute Gasteiger partial charge is 0.309 e. The highest BCUT2D eigenvalue weighted by molar-refractivity contribution is 5.79. The molecule has 6 heteroatoms. The highest BCUT2D eigenvalue weighted by Crippen LogP contribution is 2.16. The second kappa shape index (κ2) is 12.3. The molecule has 0 saturated carbocycles. The molecule has 6 nitrogen and oxygen atoms in total. The number of ether oxygens (including phenoxy) is 1. The van der Waals surface area contributed by atoms with Gasteiger partial charge in [-0.1, -0.05) is 25.5 Å². The monoisotopic (exact) mass is 302 g/mol. The van der Waals surface area contributed by atoms with Gasteiger partial charge in [0.1, 0.15) is 12.7 Å². The summed E-state index contributed by atoms with van der Waals surface area (Å²) < 4.78 is 4.83. The number of allylic oxidation sites excluding steroid dienone is 2. The van der Waals surface area contributed by atoms with E-state index in [0.29, 0.717) is 6.42 Å². The van der Waals surface area contributed by atoms with E-state index < -0.39 is 30.6 Å². The Morgan fingerprint density at radius 3 is 2.52 bits per heavy atom. The molecule has 0 heterocycles. The zero-order chi connectivity index (χ0) is 16.1. The van der Waals surface area contributed by atoms with Crippen LogP contribution in [0.4, 0.5) is 0 Å². The molecule has 0 aliphatic carbocycles. The van der Waals surface area contributed by atoms with Crippen LogP contribution < -0.4 is 0 Å². The summed E-state index contributed by atoms with van der Waals surface area (Å²) in [6.45, 7) is 1.24. The van der Waals surface area contributed by atoms with Crippen molar-refractivity contribution in [1.29, 1.82) is 0 Å². The summed E-state index contributed by atoms with van der Waals surface area (Å²) >= 11 is 0. The zero-order valence-corrected chi connectivity index (χ0v) is 12.5. The first-order valence-electron chi connectivity index (χ1n) is 7.33. The van der Waals surface area contributed by atoms with Crippen molar-refractivity contribution in [2.45, 2.75) is 51.6 Å². The van der Waals surface area contributed by atoms with Gasteiger partial charge in [-0.25, -0.2) is 0 Å². The molecule has 0 fully saturated rings. The average molecular weight is 302 g/mol. The highest BCUT2D eigenvalue weighted by atomic mass is 16.5. The zero-order valence-electron chi connectivity index (χ0n) is 12.5. The Morgan fingerprint density at radius 1 is 1.24 bits per heavy atom. The van der Waals surface area contributed by atoms with Gasteiger partial charge in [-0.15, -0.1) is 0 Å². The lowest BCUT2D eigenvalue weighted by Crippen LogP contribution is -2.27. The molecule has 122 valence electrons.